The van der Waals surface area contributed by atoms with Gasteiger partial charge in [0, 0.05) is 12.1 Å². The van der Waals surface area contributed by atoms with Gasteiger partial charge in [-0.1, -0.05) is 0 Å². The molecule has 1 amide bonds. The van der Waals surface area contributed by atoms with Crippen LogP contribution in [0.25, 0.3) is 10.2 Å². The number of fused-ring (bicyclic) bond motifs is 1. The first-order chi connectivity index (χ1) is 9.61. The molecule has 106 valence electrons. The van der Waals surface area contributed by atoms with Gasteiger partial charge in [-0.25, -0.2) is 4.98 Å². The highest BCUT2D eigenvalue weighted by Crippen LogP contribution is 2.24. The monoisotopic (exact) mass is 292 g/mol. The lowest BCUT2D eigenvalue weighted by atomic mass is 9.93. The Balaban J connectivity index is 1.84. The summed E-state index contributed by atoms with van der Waals surface area (Å²) >= 11 is 1.50. The molecule has 3 rings (SSSR count). The number of likely N-dealkylation sites (tertiary alicyclic amines) is 1. The van der Waals surface area contributed by atoms with Crippen molar-refractivity contribution < 1.29 is 15.0 Å². The smallest absolute Gasteiger partial charge is 0.254 e. The molecular formula is C14H16N2O3S. The topological polar surface area (TPSA) is 73.7 Å². The van der Waals surface area contributed by atoms with Crippen molar-refractivity contribution in [1.82, 2.24) is 9.88 Å². The van der Waals surface area contributed by atoms with Crippen LogP contribution in [0.3, 0.4) is 0 Å². The van der Waals surface area contributed by atoms with Crippen molar-refractivity contribution >= 4 is 27.5 Å². The highest BCUT2D eigenvalue weighted by Gasteiger charge is 2.34. The Morgan fingerprint density at radius 2 is 2.35 bits per heavy atom. The minimum absolute atomic E-state index is 0.105. The van der Waals surface area contributed by atoms with E-state index in [1.165, 1.54) is 11.3 Å². The van der Waals surface area contributed by atoms with Crippen molar-refractivity contribution in [1.29, 1.82) is 0 Å². The molecule has 2 aromatic rings. The molecular weight excluding hydrogens is 276 g/mol. The third-order valence-electron chi connectivity index (χ3n) is 3.72. The second-order valence-electron chi connectivity index (χ2n) is 5.25. The predicted octanol–water partition coefficient (Wildman–Crippen LogP) is 1.26. The maximum Gasteiger partial charge on any atom is 0.254 e. The van der Waals surface area contributed by atoms with E-state index in [-0.39, 0.29) is 19.1 Å². The number of piperidine rings is 1. The van der Waals surface area contributed by atoms with Crippen LogP contribution in [0.15, 0.2) is 23.7 Å². The Hall–Kier alpha value is -1.50. The number of thiazole rings is 1. The molecule has 1 fully saturated rings. The van der Waals surface area contributed by atoms with E-state index in [1.807, 2.05) is 12.1 Å². The van der Waals surface area contributed by atoms with E-state index >= 15 is 0 Å². The Morgan fingerprint density at radius 1 is 1.50 bits per heavy atom. The van der Waals surface area contributed by atoms with Crippen LogP contribution in [0.5, 0.6) is 0 Å². The van der Waals surface area contributed by atoms with E-state index in [1.54, 1.807) is 16.5 Å². The number of rotatable bonds is 2. The molecule has 2 heterocycles. The van der Waals surface area contributed by atoms with Crippen molar-refractivity contribution in [2.75, 3.05) is 19.7 Å². The van der Waals surface area contributed by atoms with Crippen LogP contribution in [0.4, 0.5) is 0 Å². The molecule has 0 unspecified atom stereocenters. The summed E-state index contributed by atoms with van der Waals surface area (Å²) < 4.78 is 0.977. The van der Waals surface area contributed by atoms with E-state index in [4.69, 9.17) is 0 Å². The standard InChI is InChI=1S/C14H16N2O3S/c17-8-14(19)4-1-5-16(7-14)13(18)10-2-3-11-12(6-10)20-9-15-11/h2-3,6,9,17,19H,1,4-5,7-8H2/t14-/m0/s1. The quantitative estimate of drug-likeness (QED) is 0.874. The highest BCUT2D eigenvalue weighted by molar-refractivity contribution is 7.16. The van der Waals surface area contributed by atoms with E-state index in [0.29, 0.717) is 24.9 Å². The lowest BCUT2D eigenvalue weighted by Crippen LogP contribution is -2.52. The summed E-state index contributed by atoms with van der Waals surface area (Å²) in [6.45, 7) is 0.482. The van der Waals surface area contributed by atoms with E-state index in [2.05, 4.69) is 4.98 Å². The molecule has 2 N–H and O–H groups in total. The molecule has 0 radical (unpaired) electrons. The molecule has 1 saturated heterocycles. The summed E-state index contributed by atoms with van der Waals surface area (Å²) in [4.78, 5) is 18.3. The predicted molar refractivity (Wildman–Crippen MR) is 76.8 cm³/mol. The number of hydrogen-bond acceptors (Lipinski definition) is 5. The van der Waals surface area contributed by atoms with Gasteiger partial charge < -0.3 is 15.1 Å². The molecule has 5 nitrogen and oxygen atoms in total. The summed E-state index contributed by atoms with van der Waals surface area (Å²) in [7, 11) is 0. The van der Waals surface area contributed by atoms with Crippen molar-refractivity contribution in [2.45, 2.75) is 18.4 Å². The summed E-state index contributed by atoms with van der Waals surface area (Å²) in [6.07, 6.45) is 1.23. The van der Waals surface area contributed by atoms with E-state index < -0.39 is 5.60 Å². The Labute approximate surface area is 120 Å². The number of aliphatic hydroxyl groups excluding tert-OH is 1. The Morgan fingerprint density at radius 3 is 3.15 bits per heavy atom. The first kappa shape index (κ1) is 13.5. The lowest BCUT2D eigenvalue weighted by Gasteiger charge is -2.38. The number of amides is 1. The molecule has 1 aromatic heterocycles. The zero-order valence-electron chi connectivity index (χ0n) is 11.0. The van der Waals surface area contributed by atoms with Crippen LogP contribution in [0.2, 0.25) is 0 Å². The van der Waals surface area contributed by atoms with Crippen LogP contribution in [-0.2, 0) is 0 Å². The Kier molecular flexibility index (Phi) is 3.45. The number of hydrogen-bond donors (Lipinski definition) is 2. The maximum absolute atomic E-state index is 12.5. The molecule has 1 aliphatic rings. The molecule has 1 aromatic carbocycles. The van der Waals surface area contributed by atoms with Crippen molar-refractivity contribution in [2.24, 2.45) is 0 Å². The number of β-amino-alcohol motifs (C(OH)–C–C–N with tert-alkyl or cyclic N) is 1. The van der Waals surface area contributed by atoms with Gasteiger partial charge in [0.05, 0.1) is 28.9 Å². The molecule has 0 bridgehead atoms. The average Bonchev–Trinajstić information content (AvgIpc) is 2.94. The molecule has 0 aliphatic carbocycles. The van der Waals surface area contributed by atoms with E-state index in [9.17, 15) is 15.0 Å². The minimum atomic E-state index is -1.16. The van der Waals surface area contributed by atoms with Crippen molar-refractivity contribution in [3.63, 3.8) is 0 Å². The highest BCUT2D eigenvalue weighted by atomic mass is 32.1. The maximum atomic E-state index is 12.5. The van der Waals surface area contributed by atoms with Crippen LogP contribution in [-0.4, -0.2) is 51.3 Å². The number of carbonyl (C=O) groups excluding carboxylic acids is 1. The fourth-order valence-electron chi connectivity index (χ4n) is 2.59. The summed E-state index contributed by atoms with van der Waals surface area (Å²) in [5.41, 5.74) is 2.08. The summed E-state index contributed by atoms with van der Waals surface area (Å²) in [6, 6.07) is 5.43. The number of nitrogens with zero attached hydrogens (tertiary/aromatic N) is 2. The normalized spacial score (nSPS) is 23.2. The fourth-order valence-corrected chi connectivity index (χ4v) is 3.30. The zero-order valence-corrected chi connectivity index (χ0v) is 11.8. The average molecular weight is 292 g/mol. The number of benzene rings is 1. The molecule has 20 heavy (non-hydrogen) atoms. The third kappa shape index (κ3) is 2.42. The van der Waals surface area contributed by atoms with Gasteiger partial charge in [0.15, 0.2) is 0 Å². The van der Waals surface area contributed by atoms with E-state index in [0.717, 1.165) is 10.2 Å². The van der Waals surface area contributed by atoms with Gasteiger partial charge in [0.25, 0.3) is 5.91 Å². The number of aromatic nitrogens is 1. The minimum Gasteiger partial charge on any atom is -0.393 e. The second kappa shape index (κ2) is 5.12. The largest absolute Gasteiger partial charge is 0.393 e. The van der Waals surface area contributed by atoms with Crippen LogP contribution in [0.1, 0.15) is 23.2 Å². The first-order valence-corrected chi connectivity index (χ1v) is 7.45. The first-order valence-electron chi connectivity index (χ1n) is 6.57. The fraction of sp³-hybridized carbons (Fsp3) is 0.429. The van der Waals surface area contributed by atoms with Gasteiger partial charge in [-0.3, -0.25) is 4.79 Å². The number of aliphatic hydroxyl groups is 2. The lowest BCUT2D eigenvalue weighted by molar-refractivity contribution is -0.0598. The van der Waals surface area contributed by atoms with Crippen molar-refractivity contribution in [3.05, 3.63) is 29.3 Å². The van der Waals surface area contributed by atoms with Crippen molar-refractivity contribution in [3.8, 4) is 0 Å². The Bertz CT molecular complexity index is 642. The van der Waals surface area contributed by atoms with Gasteiger partial charge in [-0.15, -0.1) is 11.3 Å². The molecule has 0 saturated carbocycles. The zero-order chi connectivity index (χ0) is 14.2. The van der Waals surface area contributed by atoms with Gasteiger partial charge in [0.1, 0.15) is 5.60 Å². The number of carbonyl (C=O) groups is 1. The van der Waals surface area contributed by atoms with Gasteiger partial charge in [-0.05, 0) is 31.0 Å². The molecule has 6 heteroatoms. The second-order valence-corrected chi connectivity index (χ2v) is 6.13. The van der Waals surface area contributed by atoms with Gasteiger partial charge in [-0.2, -0.15) is 0 Å². The van der Waals surface area contributed by atoms with Gasteiger partial charge >= 0.3 is 0 Å². The molecule has 1 atom stereocenters. The van der Waals surface area contributed by atoms with Gasteiger partial charge in [0.2, 0.25) is 0 Å². The van der Waals surface area contributed by atoms with Crippen LogP contribution in [0, 0.1) is 0 Å². The SMILES string of the molecule is O=C(c1ccc2ncsc2c1)N1CCC[C@@](O)(CO)C1. The van der Waals surface area contributed by atoms with Crippen LogP contribution >= 0.6 is 11.3 Å². The van der Waals surface area contributed by atoms with Crippen LogP contribution < -0.4 is 0 Å². The molecule has 0 spiro atoms. The molecule has 1 aliphatic heterocycles. The summed E-state index contributed by atoms with van der Waals surface area (Å²) in [5.74, 6) is -0.105. The summed E-state index contributed by atoms with van der Waals surface area (Å²) in [5, 5.41) is 19.4. The third-order valence-corrected chi connectivity index (χ3v) is 4.51.